The molecule has 0 aliphatic carbocycles. The molecule has 0 atom stereocenters. The van der Waals surface area contributed by atoms with Gasteiger partial charge in [-0.25, -0.2) is 5.43 Å². The number of hydrogen-bond donors (Lipinski definition) is 1. The van der Waals surface area contributed by atoms with E-state index in [0.29, 0.717) is 13.1 Å². The number of nitrogens with one attached hydrogen (secondary N) is 1. The Bertz CT molecular complexity index is 235. The highest BCUT2D eigenvalue weighted by Gasteiger charge is 2.15. The maximum atomic E-state index is 12.7. The molecular weight excluding hydrogens is 178 g/mol. The first-order valence-electron chi connectivity index (χ1n) is 4.10. The average molecular weight is 190 g/mol. The lowest BCUT2D eigenvalue weighted by molar-refractivity contribution is -0.0293. The molecule has 1 rings (SSSR count). The topological polar surface area (TPSA) is 30.9 Å². The molecule has 1 aliphatic heterocycles. The lowest BCUT2D eigenvalue weighted by atomic mass is 10.4. The second kappa shape index (κ2) is 4.06. The first-order valence-corrected chi connectivity index (χ1v) is 4.10. The van der Waals surface area contributed by atoms with Crippen molar-refractivity contribution in [2.75, 3.05) is 13.1 Å². The Morgan fingerprint density at radius 2 is 2.15 bits per heavy atom. The average Bonchev–Trinajstić information content (AvgIpc) is 2.04. The highest BCUT2D eigenvalue weighted by Crippen LogP contribution is 2.06. The van der Waals surface area contributed by atoms with Crippen molar-refractivity contribution in [1.82, 2.24) is 15.7 Å². The monoisotopic (exact) mass is 190 g/mol. The first-order chi connectivity index (χ1) is 6.17. The summed E-state index contributed by atoms with van der Waals surface area (Å²) in [6.07, 6.45) is 1.16. The van der Waals surface area contributed by atoms with Crippen LogP contribution in [0.4, 0.5) is 8.87 Å². The fourth-order valence-electron chi connectivity index (χ4n) is 1.08. The van der Waals surface area contributed by atoms with E-state index in [2.05, 4.69) is 5.10 Å². The first kappa shape index (κ1) is 9.76. The maximum Gasteiger partial charge on any atom is 0.212 e. The predicted molar refractivity (Wildman–Crippen MR) is 45.6 cm³/mol. The van der Waals surface area contributed by atoms with Crippen LogP contribution in [0.15, 0.2) is 17.1 Å². The molecule has 1 aliphatic rings. The Morgan fingerprint density at radius 3 is 2.62 bits per heavy atom. The van der Waals surface area contributed by atoms with Crippen LogP contribution < -0.4 is 5.43 Å². The van der Waals surface area contributed by atoms with Crippen LogP contribution in [0.1, 0.15) is 13.8 Å². The normalized spacial score (nSPS) is 16.2. The molecule has 0 unspecified atom stereocenters. The van der Waals surface area contributed by atoms with Crippen molar-refractivity contribution in [3.05, 3.63) is 12.0 Å². The van der Waals surface area contributed by atoms with Crippen LogP contribution in [0.2, 0.25) is 0 Å². The van der Waals surface area contributed by atoms with E-state index in [0.717, 1.165) is 6.08 Å². The minimum absolute atomic E-state index is 0.136. The minimum atomic E-state index is -0.751. The van der Waals surface area contributed by atoms with Crippen molar-refractivity contribution in [3.63, 3.8) is 0 Å². The van der Waals surface area contributed by atoms with E-state index in [9.17, 15) is 8.87 Å². The highest BCUT2D eigenvalue weighted by atomic mass is 19.2. The highest BCUT2D eigenvalue weighted by molar-refractivity contribution is 5.93. The summed E-state index contributed by atoms with van der Waals surface area (Å²) in [6.45, 7) is 5.10. The Hall–Kier alpha value is -1.33. The molecule has 0 aromatic rings. The van der Waals surface area contributed by atoms with E-state index in [4.69, 9.17) is 0 Å². The van der Waals surface area contributed by atoms with E-state index in [1.54, 1.807) is 10.3 Å². The van der Waals surface area contributed by atoms with Crippen LogP contribution in [0.3, 0.4) is 0 Å². The van der Waals surface area contributed by atoms with E-state index in [-0.39, 0.29) is 11.2 Å². The van der Waals surface area contributed by atoms with Gasteiger partial charge in [-0.1, -0.05) is 4.48 Å². The summed E-state index contributed by atoms with van der Waals surface area (Å²) in [5, 5.41) is 3.32. The lowest BCUT2D eigenvalue weighted by Crippen LogP contribution is -2.37. The van der Waals surface area contributed by atoms with Gasteiger partial charge in [0, 0.05) is 19.2 Å². The molecule has 0 fully saturated rings. The molecular formula is C7H12F2N4. The SMILES string of the molecule is CCN(CC)C1=NN(F)NC(F)=C1. The molecule has 0 bridgehead atoms. The lowest BCUT2D eigenvalue weighted by Gasteiger charge is -2.24. The fraction of sp³-hybridized carbons (Fsp3) is 0.571. The van der Waals surface area contributed by atoms with E-state index in [1.807, 2.05) is 13.8 Å². The van der Waals surface area contributed by atoms with Crippen molar-refractivity contribution in [2.24, 2.45) is 5.10 Å². The van der Waals surface area contributed by atoms with Crippen LogP contribution in [0.5, 0.6) is 0 Å². The van der Waals surface area contributed by atoms with E-state index < -0.39 is 5.95 Å². The van der Waals surface area contributed by atoms with Gasteiger partial charge >= 0.3 is 0 Å². The van der Waals surface area contributed by atoms with Gasteiger partial charge in [0.2, 0.25) is 5.95 Å². The van der Waals surface area contributed by atoms with Crippen molar-refractivity contribution in [1.29, 1.82) is 0 Å². The number of rotatable bonds is 2. The summed E-state index contributed by atoms with van der Waals surface area (Å²) in [6, 6.07) is 0. The Labute approximate surface area is 75.4 Å². The second-order valence-electron chi connectivity index (χ2n) is 2.49. The largest absolute Gasteiger partial charge is 0.355 e. The smallest absolute Gasteiger partial charge is 0.212 e. The second-order valence-corrected chi connectivity index (χ2v) is 2.49. The molecule has 1 N–H and O–H groups in total. The van der Waals surface area contributed by atoms with Crippen LogP contribution in [-0.4, -0.2) is 29.2 Å². The summed E-state index contributed by atoms with van der Waals surface area (Å²) in [4.78, 5) is 1.74. The van der Waals surface area contributed by atoms with Gasteiger partial charge < -0.3 is 4.90 Å². The molecule has 0 radical (unpaired) electrons. The summed E-state index contributed by atoms with van der Waals surface area (Å²) >= 11 is 0. The van der Waals surface area contributed by atoms with E-state index >= 15 is 0 Å². The van der Waals surface area contributed by atoms with Gasteiger partial charge in [0.05, 0.1) is 0 Å². The summed E-state index contributed by atoms with van der Waals surface area (Å²) in [5.74, 6) is -0.469. The fourth-order valence-corrected chi connectivity index (χ4v) is 1.08. The van der Waals surface area contributed by atoms with Crippen LogP contribution in [0.25, 0.3) is 0 Å². The molecule has 74 valence electrons. The molecule has 1 heterocycles. The van der Waals surface area contributed by atoms with Crippen molar-refractivity contribution < 1.29 is 8.87 Å². The number of hydrogen-bond acceptors (Lipinski definition) is 4. The predicted octanol–water partition coefficient (Wildman–Crippen LogP) is 1.16. The van der Waals surface area contributed by atoms with Crippen LogP contribution >= 0.6 is 0 Å². The zero-order chi connectivity index (χ0) is 9.84. The third-order valence-corrected chi connectivity index (χ3v) is 1.73. The number of hydrazine groups is 1. The maximum absolute atomic E-state index is 12.7. The molecule has 0 amide bonds. The van der Waals surface area contributed by atoms with Gasteiger partial charge in [-0.3, -0.25) is 0 Å². The number of likely N-dealkylation sites (N-methyl/N-ethyl adjacent to an activating group) is 1. The third-order valence-electron chi connectivity index (χ3n) is 1.73. The van der Waals surface area contributed by atoms with Gasteiger partial charge in [-0.2, -0.15) is 4.39 Å². The van der Waals surface area contributed by atoms with Crippen LogP contribution in [0, 0.1) is 0 Å². The third kappa shape index (κ3) is 2.30. The van der Waals surface area contributed by atoms with Gasteiger partial charge in [-0.05, 0) is 19.2 Å². The molecule has 0 aromatic heterocycles. The molecule has 0 spiro atoms. The summed E-state index contributed by atoms with van der Waals surface area (Å²) < 4.78 is 25.2. The molecule has 6 heteroatoms. The van der Waals surface area contributed by atoms with Gasteiger partial charge in [0.25, 0.3) is 0 Å². The Morgan fingerprint density at radius 1 is 1.54 bits per heavy atom. The molecule has 0 aromatic carbocycles. The Kier molecular flexibility index (Phi) is 3.05. The van der Waals surface area contributed by atoms with Crippen molar-refractivity contribution in [2.45, 2.75) is 13.8 Å². The number of hydrazone groups is 1. The van der Waals surface area contributed by atoms with Gasteiger partial charge in [0.15, 0.2) is 5.84 Å². The standard InChI is InChI=1S/C7H12F2N4/c1-3-12(4-2)7-5-6(8)10-13(9)11-7/h5,10H,3-4H2,1-2H3. The Balaban J connectivity index is 2.77. The quantitative estimate of drug-likeness (QED) is 0.523. The zero-order valence-corrected chi connectivity index (χ0v) is 7.59. The van der Waals surface area contributed by atoms with Crippen molar-refractivity contribution in [3.8, 4) is 0 Å². The zero-order valence-electron chi connectivity index (χ0n) is 7.59. The summed E-state index contributed by atoms with van der Waals surface area (Å²) in [5.41, 5.74) is 1.76. The van der Waals surface area contributed by atoms with Crippen LogP contribution in [-0.2, 0) is 0 Å². The number of amidine groups is 1. The molecule has 0 saturated carbocycles. The molecule has 4 nitrogen and oxygen atoms in total. The number of halogens is 2. The van der Waals surface area contributed by atoms with Gasteiger partial charge in [-0.15, -0.1) is 5.10 Å². The summed E-state index contributed by atoms with van der Waals surface area (Å²) in [7, 11) is 0. The molecule has 0 saturated heterocycles. The number of nitrogens with zero attached hydrogens (tertiary/aromatic N) is 3. The van der Waals surface area contributed by atoms with Gasteiger partial charge in [0.1, 0.15) is 0 Å². The molecule has 13 heavy (non-hydrogen) atoms. The minimum Gasteiger partial charge on any atom is -0.355 e. The van der Waals surface area contributed by atoms with Crippen molar-refractivity contribution >= 4 is 5.84 Å². The van der Waals surface area contributed by atoms with E-state index in [1.165, 1.54) is 0 Å².